The van der Waals surface area contributed by atoms with Crippen LogP contribution in [0.5, 0.6) is 0 Å². The van der Waals surface area contributed by atoms with Crippen molar-refractivity contribution >= 4 is 74.2 Å². The Labute approximate surface area is 172 Å². The van der Waals surface area contributed by atoms with Crippen LogP contribution in [-0.2, 0) is 16.1 Å². The van der Waals surface area contributed by atoms with Gasteiger partial charge >= 0.3 is 5.97 Å². The number of carboxylic acid groups (broad SMARTS) is 1. The number of hydrogen-bond donors (Lipinski definition) is 1. The summed E-state index contributed by atoms with van der Waals surface area (Å²) < 4.78 is 0.958. The molecule has 2 aromatic heterocycles. The molecule has 0 saturated heterocycles. The highest BCUT2D eigenvalue weighted by molar-refractivity contribution is 8.01. The van der Waals surface area contributed by atoms with Crippen LogP contribution >= 0.6 is 46.3 Å². The molecule has 0 radical (unpaired) electrons. The van der Waals surface area contributed by atoms with Crippen LogP contribution in [0.1, 0.15) is 11.4 Å². The van der Waals surface area contributed by atoms with Gasteiger partial charge in [-0.1, -0.05) is 23.2 Å². The molecule has 0 bridgehead atoms. The summed E-state index contributed by atoms with van der Waals surface area (Å²) in [6.07, 6.45) is 1.19. The third-order valence-corrected chi connectivity index (χ3v) is 6.58. The Kier molecular flexibility index (Phi) is 4.98. The number of hydrogen-bond acceptors (Lipinski definition) is 6. The van der Waals surface area contributed by atoms with E-state index in [2.05, 4.69) is 9.97 Å². The largest absolute Gasteiger partial charge is 0.481 e. The topological polar surface area (TPSA) is 83.4 Å². The number of thioether (sulfide) groups is 1. The highest BCUT2D eigenvalue weighted by Crippen LogP contribution is 2.41. The number of carboxylic acids is 1. The Bertz CT molecular complexity index is 1070. The number of amides is 1. The third-order valence-electron chi connectivity index (χ3n) is 3.91. The number of pyridine rings is 1. The lowest BCUT2D eigenvalue weighted by atomic mass is 10.2. The van der Waals surface area contributed by atoms with E-state index in [1.807, 2.05) is 6.07 Å². The zero-order valence-electron chi connectivity index (χ0n) is 13.6. The molecule has 6 nitrogen and oxygen atoms in total. The van der Waals surface area contributed by atoms with E-state index < -0.39 is 11.2 Å². The minimum Gasteiger partial charge on any atom is -0.481 e. The second-order valence-corrected chi connectivity index (χ2v) is 9.06. The van der Waals surface area contributed by atoms with E-state index in [4.69, 9.17) is 28.3 Å². The number of nitrogens with zero attached hydrogens (tertiary/aromatic N) is 3. The van der Waals surface area contributed by atoms with Crippen molar-refractivity contribution in [1.82, 2.24) is 9.97 Å². The Balaban J connectivity index is 1.72. The summed E-state index contributed by atoms with van der Waals surface area (Å²) in [4.78, 5) is 35.1. The Morgan fingerprint density at radius 1 is 1.26 bits per heavy atom. The molecular formula is C17H11Cl2N3O3S2. The van der Waals surface area contributed by atoms with Crippen molar-refractivity contribution in [3.63, 3.8) is 0 Å². The second-order valence-electron chi connectivity index (χ2n) is 5.82. The lowest BCUT2D eigenvalue weighted by molar-refractivity contribution is -0.138. The first-order chi connectivity index (χ1) is 12.9. The van der Waals surface area contributed by atoms with Crippen LogP contribution in [0.3, 0.4) is 0 Å². The molecule has 1 N–H and O–H groups in total. The summed E-state index contributed by atoms with van der Waals surface area (Å²) in [5.41, 5.74) is 0.757. The van der Waals surface area contributed by atoms with Crippen LogP contribution in [0.4, 0.5) is 5.82 Å². The maximum Gasteiger partial charge on any atom is 0.305 e. The number of fused-ring (bicyclic) bond motifs is 2. The van der Waals surface area contributed by atoms with Gasteiger partial charge < -0.3 is 5.11 Å². The smallest absolute Gasteiger partial charge is 0.305 e. The SMILES string of the molecule is O=C(O)CC1Sc2cc(Cl)cnc2N(Cc2nc3cc(Cl)ccc3s2)C1=O. The fourth-order valence-electron chi connectivity index (χ4n) is 2.78. The molecule has 1 aromatic carbocycles. The molecular weight excluding hydrogens is 429 g/mol. The van der Waals surface area contributed by atoms with Crippen molar-refractivity contribution in [3.8, 4) is 0 Å². The van der Waals surface area contributed by atoms with Gasteiger partial charge in [0.2, 0.25) is 5.91 Å². The monoisotopic (exact) mass is 439 g/mol. The van der Waals surface area contributed by atoms with Gasteiger partial charge in [0.1, 0.15) is 10.8 Å². The second kappa shape index (κ2) is 7.27. The summed E-state index contributed by atoms with van der Waals surface area (Å²) in [7, 11) is 0. The highest BCUT2D eigenvalue weighted by Gasteiger charge is 2.36. The summed E-state index contributed by atoms with van der Waals surface area (Å²) in [5, 5.41) is 10.1. The van der Waals surface area contributed by atoms with Gasteiger partial charge in [0.15, 0.2) is 0 Å². The quantitative estimate of drug-likeness (QED) is 0.644. The van der Waals surface area contributed by atoms with Gasteiger partial charge in [-0.15, -0.1) is 23.1 Å². The van der Waals surface area contributed by atoms with Crippen molar-refractivity contribution in [3.05, 3.63) is 45.5 Å². The average molecular weight is 440 g/mol. The number of aromatic nitrogens is 2. The van der Waals surface area contributed by atoms with Crippen molar-refractivity contribution in [2.75, 3.05) is 4.90 Å². The summed E-state index contributed by atoms with van der Waals surface area (Å²) in [5.74, 6) is -0.871. The summed E-state index contributed by atoms with van der Waals surface area (Å²) in [6, 6.07) is 7.13. The molecule has 0 spiro atoms. The molecule has 1 aliphatic rings. The predicted octanol–water partition coefficient (Wildman–Crippen LogP) is 4.48. The number of thiazole rings is 1. The number of carbonyl (C=O) groups is 2. The molecule has 3 heterocycles. The summed E-state index contributed by atoms with van der Waals surface area (Å²) >= 11 is 14.7. The van der Waals surface area contributed by atoms with E-state index in [1.165, 1.54) is 34.2 Å². The van der Waals surface area contributed by atoms with Crippen molar-refractivity contribution in [2.24, 2.45) is 0 Å². The number of anilines is 1. The number of aliphatic carboxylic acids is 1. The van der Waals surface area contributed by atoms with E-state index >= 15 is 0 Å². The fourth-order valence-corrected chi connectivity index (χ4v) is 5.33. The molecule has 4 rings (SSSR count). The van der Waals surface area contributed by atoms with Gasteiger partial charge in [-0.2, -0.15) is 0 Å². The predicted molar refractivity (Wildman–Crippen MR) is 107 cm³/mol. The number of carbonyl (C=O) groups excluding carboxylic acids is 1. The minimum absolute atomic E-state index is 0.202. The maximum atomic E-state index is 12.9. The normalized spacial score (nSPS) is 16.6. The average Bonchev–Trinajstić information content (AvgIpc) is 2.99. The zero-order valence-corrected chi connectivity index (χ0v) is 16.7. The van der Waals surface area contributed by atoms with Crippen molar-refractivity contribution in [1.29, 1.82) is 0 Å². The minimum atomic E-state index is -1.03. The lowest BCUT2D eigenvalue weighted by Crippen LogP contribution is -2.42. The first-order valence-electron chi connectivity index (χ1n) is 7.81. The van der Waals surface area contributed by atoms with Crippen LogP contribution in [-0.4, -0.2) is 32.2 Å². The van der Waals surface area contributed by atoms with Crippen LogP contribution in [0.15, 0.2) is 35.4 Å². The highest BCUT2D eigenvalue weighted by atomic mass is 35.5. The third kappa shape index (κ3) is 3.75. The van der Waals surface area contributed by atoms with Crippen LogP contribution in [0.2, 0.25) is 10.0 Å². The van der Waals surface area contributed by atoms with E-state index in [-0.39, 0.29) is 18.9 Å². The maximum absolute atomic E-state index is 12.9. The van der Waals surface area contributed by atoms with Crippen molar-refractivity contribution < 1.29 is 14.7 Å². The van der Waals surface area contributed by atoms with E-state index in [9.17, 15) is 9.59 Å². The molecule has 0 saturated carbocycles. The first kappa shape index (κ1) is 18.5. The van der Waals surface area contributed by atoms with Gasteiger partial charge in [-0.3, -0.25) is 14.5 Å². The molecule has 1 unspecified atom stereocenters. The molecule has 1 aliphatic heterocycles. The Morgan fingerprint density at radius 3 is 2.85 bits per heavy atom. The van der Waals surface area contributed by atoms with E-state index in [1.54, 1.807) is 18.2 Å². The van der Waals surface area contributed by atoms with Gasteiger partial charge in [-0.05, 0) is 24.3 Å². The molecule has 1 atom stereocenters. The van der Waals surface area contributed by atoms with Crippen LogP contribution in [0, 0.1) is 0 Å². The van der Waals surface area contributed by atoms with Crippen LogP contribution in [0.25, 0.3) is 10.2 Å². The van der Waals surface area contributed by atoms with Gasteiger partial charge in [0, 0.05) is 11.2 Å². The molecule has 1 amide bonds. The first-order valence-corrected chi connectivity index (χ1v) is 10.3. The standard InChI is InChI=1S/C17H11Cl2N3O3S2/c18-8-1-2-11-10(3-8)21-14(27-11)7-22-16-12(4-9(19)6-20-16)26-13(17(22)25)5-15(23)24/h1-4,6,13H,5,7H2,(H,23,24). The van der Waals surface area contributed by atoms with E-state index in [0.29, 0.717) is 25.8 Å². The Hall–Kier alpha value is -1.87. The van der Waals surface area contributed by atoms with E-state index in [0.717, 1.165) is 10.2 Å². The van der Waals surface area contributed by atoms with Gasteiger partial charge in [0.05, 0.1) is 38.4 Å². The molecule has 27 heavy (non-hydrogen) atoms. The number of benzene rings is 1. The molecule has 0 fully saturated rings. The van der Waals surface area contributed by atoms with Gasteiger partial charge in [-0.25, -0.2) is 9.97 Å². The fraction of sp³-hybridized carbons (Fsp3) is 0.176. The summed E-state index contributed by atoms with van der Waals surface area (Å²) in [6.45, 7) is 0.202. The van der Waals surface area contributed by atoms with Crippen molar-refractivity contribution in [2.45, 2.75) is 23.1 Å². The molecule has 3 aromatic rings. The van der Waals surface area contributed by atoms with Crippen LogP contribution < -0.4 is 4.90 Å². The van der Waals surface area contributed by atoms with Gasteiger partial charge in [0.25, 0.3) is 0 Å². The molecule has 10 heteroatoms. The molecule has 138 valence electrons. The number of halogens is 2. The Morgan fingerprint density at radius 2 is 2.07 bits per heavy atom. The number of rotatable bonds is 4. The lowest BCUT2D eigenvalue weighted by Gasteiger charge is -2.31. The zero-order chi connectivity index (χ0) is 19.1. The molecule has 0 aliphatic carbocycles.